The Kier molecular flexibility index (Phi) is 8.90. The van der Waals surface area contributed by atoms with Gasteiger partial charge in [0.05, 0.1) is 14.2 Å². The van der Waals surface area contributed by atoms with E-state index in [1.165, 1.54) is 0 Å². The third-order valence-electron chi connectivity index (χ3n) is 5.97. The molecule has 0 saturated carbocycles. The van der Waals surface area contributed by atoms with Gasteiger partial charge in [-0.2, -0.15) is 0 Å². The number of aryl methyl sites for hydroxylation is 1. The summed E-state index contributed by atoms with van der Waals surface area (Å²) < 4.78 is 10.6. The van der Waals surface area contributed by atoms with Gasteiger partial charge in [-0.05, 0) is 55.4 Å². The van der Waals surface area contributed by atoms with Crippen LogP contribution in [0.2, 0.25) is 0 Å². The van der Waals surface area contributed by atoms with Crippen molar-refractivity contribution in [2.24, 2.45) is 5.92 Å². The number of hydrogen-bond donors (Lipinski definition) is 1. The van der Waals surface area contributed by atoms with Gasteiger partial charge in [-0.1, -0.05) is 6.07 Å². The number of benzene rings is 1. The number of carbonyl (C=O) groups excluding carboxylic acids is 2. The lowest BCUT2D eigenvalue weighted by Gasteiger charge is -2.33. The van der Waals surface area contributed by atoms with Crippen molar-refractivity contribution in [2.45, 2.75) is 45.1 Å². The summed E-state index contributed by atoms with van der Waals surface area (Å²) in [6, 6.07) is 9.45. The van der Waals surface area contributed by atoms with Gasteiger partial charge in [0.15, 0.2) is 0 Å². The molecule has 1 fully saturated rings. The molecule has 0 radical (unpaired) electrons. The molecule has 32 heavy (non-hydrogen) atoms. The second-order valence-corrected chi connectivity index (χ2v) is 8.20. The highest BCUT2D eigenvalue weighted by Crippen LogP contribution is 2.25. The number of amides is 2. The fourth-order valence-electron chi connectivity index (χ4n) is 4.10. The summed E-state index contributed by atoms with van der Waals surface area (Å²) in [6.45, 7) is 1.97. The minimum absolute atomic E-state index is 0.0166. The van der Waals surface area contributed by atoms with Gasteiger partial charge in [-0.15, -0.1) is 0 Å². The van der Waals surface area contributed by atoms with Crippen LogP contribution in [0.25, 0.3) is 0 Å². The molecule has 172 valence electrons. The first-order chi connectivity index (χ1) is 15.6. The first-order valence-corrected chi connectivity index (χ1v) is 11.2. The molecule has 0 spiro atoms. The van der Waals surface area contributed by atoms with Crippen LogP contribution in [0.3, 0.4) is 0 Å². The number of carbonyl (C=O) groups is 2. The predicted octanol–water partition coefficient (Wildman–Crippen LogP) is 3.37. The summed E-state index contributed by atoms with van der Waals surface area (Å²) in [5, 5.41) is 2.98. The van der Waals surface area contributed by atoms with E-state index in [9.17, 15) is 9.59 Å². The molecule has 0 bridgehead atoms. The maximum absolute atomic E-state index is 12.6. The number of aromatic nitrogens is 1. The molecule has 0 aliphatic carbocycles. The molecule has 1 unspecified atom stereocenters. The number of pyridine rings is 1. The smallest absolute Gasteiger partial charge is 0.222 e. The van der Waals surface area contributed by atoms with Crippen molar-refractivity contribution in [3.63, 3.8) is 0 Å². The fourth-order valence-corrected chi connectivity index (χ4v) is 4.10. The summed E-state index contributed by atoms with van der Waals surface area (Å²) in [6.07, 6.45) is 8.07. The Balaban J connectivity index is 1.40. The molecule has 1 aromatic heterocycles. The number of nitrogens with zero attached hydrogens (tertiary/aromatic N) is 2. The summed E-state index contributed by atoms with van der Waals surface area (Å²) in [4.78, 5) is 31.1. The van der Waals surface area contributed by atoms with E-state index in [0.29, 0.717) is 43.2 Å². The van der Waals surface area contributed by atoms with Crippen LogP contribution in [0.5, 0.6) is 11.5 Å². The molecule has 3 rings (SSSR count). The largest absolute Gasteiger partial charge is 0.497 e. The SMILES string of the molecule is COc1ccc(CNC(=O)CCC2CCCN(C(=O)CCc3cccnc3)C2)c(OC)c1. The molecule has 1 aliphatic heterocycles. The van der Waals surface area contributed by atoms with E-state index < -0.39 is 0 Å². The Morgan fingerprint density at radius 1 is 1.19 bits per heavy atom. The van der Waals surface area contributed by atoms with Gasteiger partial charge in [-0.25, -0.2) is 0 Å². The maximum atomic E-state index is 12.6. The topological polar surface area (TPSA) is 80.8 Å². The summed E-state index contributed by atoms with van der Waals surface area (Å²) in [5.41, 5.74) is 1.99. The van der Waals surface area contributed by atoms with Gasteiger partial charge in [-0.3, -0.25) is 14.6 Å². The minimum Gasteiger partial charge on any atom is -0.497 e. The van der Waals surface area contributed by atoms with Gasteiger partial charge in [0.2, 0.25) is 11.8 Å². The van der Waals surface area contributed by atoms with E-state index in [1.54, 1.807) is 20.4 Å². The van der Waals surface area contributed by atoms with E-state index in [-0.39, 0.29) is 11.8 Å². The van der Waals surface area contributed by atoms with Crippen molar-refractivity contribution in [3.8, 4) is 11.5 Å². The number of rotatable bonds is 10. The number of ether oxygens (including phenoxy) is 2. The van der Waals surface area contributed by atoms with Crippen LogP contribution >= 0.6 is 0 Å². The zero-order chi connectivity index (χ0) is 22.8. The van der Waals surface area contributed by atoms with Crippen LogP contribution in [0.4, 0.5) is 0 Å². The number of likely N-dealkylation sites (tertiary alicyclic amines) is 1. The number of methoxy groups -OCH3 is 2. The Morgan fingerprint density at radius 2 is 2.06 bits per heavy atom. The number of hydrogen-bond acceptors (Lipinski definition) is 5. The van der Waals surface area contributed by atoms with Crippen LogP contribution in [0.1, 0.15) is 43.2 Å². The highest BCUT2D eigenvalue weighted by atomic mass is 16.5. The van der Waals surface area contributed by atoms with Gasteiger partial charge in [0, 0.05) is 56.5 Å². The van der Waals surface area contributed by atoms with Gasteiger partial charge in [0.25, 0.3) is 0 Å². The Labute approximate surface area is 190 Å². The predicted molar refractivity (Wildman–Crippen MR) is 122 cm³/mol. The van der Waals surface area contributed by atoms with E-state index in [4.69, 9.17) is 9.47 Å². The van der Waals surface area contributed by atoms with Crippen LogP contribution in [0, 0.1) is 5.92 Å². The summed E-state index contributed by atoms with van der Waals surface area (Å²) in [5.74, 6) is 1.98. The van der Waals surface area contributed by atoms with Gasteiger partial charge in [0.1, 0.15) is 11.5 Å². The second kappa shape index (κ2) is 12.1. The third-order valence-corrected chi connectivity index (χ3v) is 5.97. The quantitative estimate of drug-likeness (QED) is 0.614. The lowest BCUT2D eigenvalue weighted by atomic mass is 9.93. The molecular weight excluding hydrogens is 406 g/mol. The normalized spacial score (nSPS) is 15.8. The monoisotopic (exact) mass is 439 g/mol. The zero-order valence-corrected chi connectivity index (χ0v) is 19.0. The second-order valence-electron chi connectivity index (χ2n) is 8.20. The van der Waals surface area contributed by atoms with Crippen molar-refractivity contribution >= 4 is 11.8 Å². The van der Waals surface area contributed by atoms with Crippen molar-refractivity contribution in [1.29, 1.82) is 0 Å². The molecule has 1 atom stereocenters. The highest BCUT2D eigenvalue weighted by Gasteiger charge is 2.24. The van der Waals surface area contributed by atoms with E-state index in [0.717, 1.165) is 43.5 Å². The first-order valence-electron chi connectivity index (χ1n) is 11.2. The van der Waals surface area contributed by atoms with E-state index in [2.05, 4.69) is 10.3 Å². The van der Waals surface area contributed by atoms with Gasteiger partial charge < -0.3 is 19.7 Å². The van der Waals surface area contributed by atoms with Crippen LogP contribution < -0.4 is 14.8 Å². The highest BCUT2D eigenvalue weighted by molar-refractivity contribution is 5.77. The number of nitrogens with one attached hydrogen (secondary N) is 1. The minimum atomic E-state index is 0.0166. The van der Waals surface area contributed by atoms with Crippen LogP contribution in [-0.4, -0.2) is 49.0 Å². The molecule has 1 saturated heterocycles. The molecule has 7 heteroatoms. The van der Waals surface area contributed by atoms with Crippen molar-refractivity contribution in [1.82, 2.24) is 15.2 Å². The van der Waals surface area contributed by atoms with Crippen molar-refractivity contribution in [3.05, 3.63) is 53.9 Å². The Bertz CT molecular complexity index is 888. The molecule has 2 heterocycles. The van der Waals surface area contributed by atoms with E-state index in [1.807, 2.05) is 41.4 Å². The molecule has 1 aliphatic rings. The summed E-state index contributed by atoms with van der Waals surface area (Å²) >= 11 is 0. The van der Waals surface area contributed by atoms with Crippen LogP contribution in [0.15, 0.2) is 42.7 Å². The molecule has 1 N–H and O–H groups in total. The molecule has 1 aromatic carbocycles. The summed E-state index contributed by atoms with van der Waals surface area (Å²) in [7, 11) is 3.21. The van der Waals surface area contributed by atoms with Crippen molar-refractivity contribution < 1.29 is 19.1 Å². The lowest BCUT2D eigenvalue weighted by molar-refractivity contribution is -0.133. The fraction of sp³-hybridized carbons (Fsp3) is 0.480. The lowest BCUT2D eigenvalue weighted by Crippen LogP contribution is -2.40. The number of piperidine rings is 1. The molecule has 7 nitrogen and oxygen atoms in total. The first kappa shape index (κ1) is 23.6. The molecular formula is C25H33N3O4. The average Bonchev–Trinajstić information content (AvgIpc) is 2.85. The van der Waals surface area contributed by atoms with Gasteiger partial charge >= 0.3 is 0 Å². The molecule has 2 amide bonds. The van der Waals surface area contributed by atoms with Crippen molar-refractivity contribution in [2.75, 3.05) is 27.3 Å². The maximum Gasteiger partial charge on any atom is 0.222 e. The Hall–Kier alpha value is -3.09. The zero-order valence-electron chi connectivity index (χ0n) is 19.0. The van der Waals surface area contributed by atoms with E-state index >= 15 is 0 Å². The van der Waals surface area contributed by atoms with Crippen LogP contribution in [-0.2, 0) is 22.6 Å². The average molecular weight is 440 g/mol. The standard InChI is InChI=1S/C25H33N3O4/c1-31-22-10-9-21(23(15-22)32-2)17-27-24(29)11-7-20-6-4-14-28(18-20)25(30)12-8-19-5-3-13-26-16-19/h3,5,9-10,13,15-16,20H,4,6-8,11-12,14,17-18H2,1-2H3,(H,27,29). The molecule has 2 aromatic rings. The Morgan fingerprint density at radius 3 is 2.81 bits per heavy atom. The third kappa shape index (κ3) is 6.97.